The lowest BCUT2D eigenvalue weighted by atomic mass is 10.1. The molecule has 1 aromatic rings. The number of nitrogens with zero attached hydrogens (tertiary/aromatic N) is 2. The lowest BCUT2D eigenvalue weighted by Gasteiger charge is -2.37. The molecule has 0 aliphatic carbocycles. The van der Waals surface area contributed by atoms with Crippen LogP contribution >= 0.6 is 24.2 Å². The van der Waals surface area contributed by atoms with Crippen molar-refractivity contribution < 1.29 is 19.1 Å². The van der Waals surface area contributed by atoms with Crippen molar-refractivity contribution in [1.82, 2.24) is 10.2 Å². The number of thioether (sulfide) groups is 1. The fourth-order valence-electron chi connectivity index (χ4n) is 3.18. The maximum atomic E-state index is 12.0. The molecule has 0 atom stereocenters. The number of methoxy groups -OCH3 is 1. The normalized spacial score (nSPS) is 18.1. The van der Waals surface area contributed by atoms with E-state index in [4.69, 9.17) is 10.5 Å². The molecular formula is C18H23ClN4O4S. The van der Waals surface area contributed by atoms with Gasteiger partial charge in [-0.3, -0.25) is 19.7 Å². The topological polar surface area (TPSA) is 105 Å². The number of anilines is 1. The van der Waals surface area contributed by atoms with Crippen LogP contribution in [0, 0.1) is 0 Å². The van der Waals surface area contributed by atoms with E-state index in [0.717, 1.165) is 23.0 Å². The van der Waals surface area contributed by atoms with Gasteiger partial charge in [0.25, 0.3) is 11.1 Å². The number of ether oxygens (including phenoxy) is 1. The lowest BCUT2D eigenvalue weighted by Crippen LogP contribution is -2.49. The summed E-state index contributed by atoms with van der Waals surface area (Å²) >= 11 is 0.885. The number of imide groups is 1. The highest BCUT2D eigenvalue weighted by Gasteiger charge is 2.27. The summed E-state index contributed by atoms with van der Waals surface area (Å²) in [6.45, 7) is 2.83. The Labute approximate surface area is 173 Å². The van der Waals surface area contributed by atoms with E-state index in [0.29, 0.717) is 49.8 Å². The number of hydrogen-bond donors (Lipinski definition) is 2. The van der Waals surface area contributed by atoms with Crippen LogP contribution in [0.15, 0.2) is 23.1 Å². The molecule has 0 radical (unpaired) electrons. The number of amides is 3. The number of rotatable bonds is 5. The van der Waals surface area contributed by atoms with E-state index in [1.165, 1.54) is 0 Å². The van der Waals surface area contributed by atoms with Gasteiger partial charge in [0.05, 0.1) is 17.7 Å². The predicted molar refractivity (Wildman–Crippen MR) is 112 cm³/mol. The van der Waals surface area contributed by atoms with Crippen molar-refractivity contribution in [2.24, 2.45) is 5.73 Å². The van der Waals surface area contributed by atoms with Crippen LogP contribution in [0.5, 0.6) is 5.75 Å². The highest BCUT2D eigenvalue weighted by atomic mass is 35.5. The Morgan fingerprint density at radius 3 is 2.57 bits per heavy atom. The third kappa shape index (κ3) is 4.78. The molecule has 10 heteroatoms. The number of halogens is 1. The highest BCUT2D eigenvalue weighted by molar-refractivity contribution is 8.18. The number of carbonyl (C=O) groups excluding carboxylic acids is 3. The van der Waals surface area contributed by atoms with Crippen molar-refractivity contribution in [3.63, 3.8) is 0 Å². The highest BCUT2D eigenvalue weighted by Crippen LogP contribution is 2.36. The first-order valence-electron chi connectivity index (χ1n) is 8.68. The van der Waals surface area contributed by atoms with Gasteiger partial charge in [0.2, 0.25) is 5.91 Å². The molecule has 3 amide bonds. The van der Waals surface area contributed by atoms with Gasteiger partial charge in [0, 0.05) is 44.7 Å². The summed E-state index contributed by atoms with van der Waals surface area (Å²) in [5, 5.41) is 1.89. The van der Waals surface area contributed by atoms with E-state index in [1.807, 2.05) is 23.1 Å². The Balaban J connectivity index is 0.00000280. The largest absolute Gasteiger partial charge is 0.495 e. The van der Waals surface area contributed by atoms with Crippen molar-refractivity contribution >= 4 is 53.0 Å². The summed E-state index contributed by atoms with van der Waals surface area (Å²) in [6.07, 6.45) is 2.06. The molecule has 0 spiro atoms. The van der Waals surface area contributed by atoms with Crippen molar-refractivity contribution in [3.8, 4) is 5.75 Å². The van der Waals surface area contributed by atoms with Crippen LogP contribution in [0.4, 0.5) is 10.5 Å². The van der Waals surface area contributed by atoms with Gasteiger partial charge in [0.15, 0.2) is 0 Å². The molecule has 1 aromatic carbocycles. The first-order valence-corrected chi connectivity index (χ1v) is 9.49. The molecule has 2 aliphatic rings. The molecule has 0 aromatic heterocycles. The molecule has 152 valence electrons. The minimum Gasteiger partial charge on any atom is -0.495 e. The van der Waals surface area contributed by atoms with Crippen molar-refractivity contribution in [2.75, 3.05) is 44.7 Å². The number of para-hydroxylation sites is 1. The van der Waals surface area contributed by atoms with Gasteiger partial charge in [-0.15, -0.1) is 12.4 Å². The minimum absolute atomic E-state index is 0. The first-order chi connectivity index (χ1) is 13.0. The Bertz CT molecular complexity index is 794. The number of nitrogens with two attached hydrogens (primary N) is 1. The first kappa shape index (κ1) is 22.1. The second-order valence-corrected chi connectivity index (χ2v) is 7.17. The van der Waals surface area contributed by atoms with E-state index in [9.17, 15) is 14.4 Å². The Hall–Kier alpha value is -2.23. The smallest absolute Gasteiger partial charge is 0.290 e. The summed E-state index contributed by atoms with van der Waals surface area (Å²) in [7, 11) is 1.59. The Kier molecular flexibility index (Phi) is 7.73. The van der Waals surface area contributed by atoms with Crippen LogP contribution in [-0.2, 0) is 9.59 Å². The molecule has 3 rings (SSSR count). The quantitative estimate of drug-likeness (QED) is 0.686. The second kappa shape index (κ2) is 9.81. The summed E-state index contributed by atoms with van der Waals surface area (Å²) < 4.78 is 5.52. The van der Waals surface area contributed by atoms with E-state index in [2.05, 4.69) is 10.2 Å². The van der Waals surface area contributed by atoms with Crippen LogP contribution in [-0.4, -0.2) is 61.8 Å². The third-order valence-electron chi connectivity index (χ3n) is 4.49. The van der Waals surface area contributed by atoms with E-state index >= 15 is 0 Å². The molecule has 0 saturated carbocycles. The number of carbonyl (C=O) groups is 3. The molecule has 28 heavy (non-hydrogen) atoms. The fourth-order valence-corrected chi connectivity index (χ4v) is 3.86. The maximum absolute atomic E-state index is 12.0. The average Bonchev–Trinajstić information content (AvgIpc) is 2.98. The van der Waals surface area contributed by atoms with Gasteiger partial charge >= 0.3 is 0 Å². The van der Waals surface area contributed by atoms with Crippen molar-refractivity contribution in [1.29, 1.82) is 0 Å². The van der Waals surface area contributed by atoms with Crippen LogP contribution in [0.1, 0.15) is 12.0 Å². The minimum atomic E-state index is -0.393. The van der Waals surface area contributed by atoms with Gasteiger partial charge in [-0.2, -0.15) is 0 Å². The Morgan fingerprint density at radius 1 is 1.29 bits per heavy atom. The molecule has 8 nitrogen and oxygen atoms in total. The molecule has 2 saturated heterocycles. The predicted octanol–water partition coefficient (Wildman–Crippen LogP) is 1.44. The average molecular weight is 427 g/mol. The van der Waals surface area contributed by atoms with Gasteiger partial charge in [0.1, 0.15) is 5.75 Å². The Morgan fingerprint density at radius 2 is 2.00 bits per heavy atom. The van der Waals surface area contributed by atoms with Gasteiger partial charge in [-0.05, 0) is 23.9 Å². The zero-order chi connectivity index (χ0) is 19.4. The van der Waals surface area contributed by atoms with Crippen LogP contribution < -0.4 is 20.7 Å². The van der Waals surface area contributed by atoms with Crippen molar-refractivity contribution in [2.45, 2.75) is 6.42 Å². The van der Waals surface area contributed by atoms with E-state index in [1.54, 1.807) is 13.2 Å². The molecule has 3 N–H and O–H groups in total. The standard InChI is InChI=1S/C18H22N4O4S.ClH/c1-26-13-4-2-3-12(11-14-17(24)20-18(25)27-14)16(13)22-9-7-21(8-10-22)15(23)5-6-19;/h2-4,11H,5-10,19H2,1H3,(H,20,24,25);1H/b14-11+;. The zero-order valence-electron chi connectivity index (χ0n) is 15.5. The molecule has 2 aliphatic heterocycles. The SMILES string of the molecule is COc1cccc(/C=C2/SC(=O)NC2=O)c1N1CCN(C(=O)CCN)CC1.Cl. The monoisotopic (exact) mass is 426 g/mol. The molecule has 2 fully saturated rings. The fraction of sp³-hybridized carbons (Fsp3) is 0.389. The molecule has 0 unspecified atom stereocenters. The van der Waals surface area contributed by atoms with Gasteiger partial charge < -0.3 is 20.3 Å². The van der Waals surface area contributed by atoms with Gasteiger partial charge in [-0.25, -0.2) is 0 Å². The maximum Gasteiger partial charge on any atom is 0.290 e. The third-order valence-corrected chi connectivity index (χ3v) is 5.30. The number of piperazine rings is 1. The summed E-state index contributed by atoms with van der Waals surface area (Å²) in [4.78, 5) is 39.7. The zero-order valence-corrected chi connectivity index (χ0v) is 17.1. The number of benzene rings is 1. The van der Waals surface area contributed by atoms with E-state index in [-0.39, 0.29) is 23.6 Å². The number of nitrogens with one attached hydrogen (secondary N) is 1. The number of hydrogen-bond acceptors (Lipinski definition) is 7. The van der Waals surface area contributed by atoms with E-state index < -0.39 is 5.91 Å². The second-order valence-electron chi connectivity index (χ2n) is 6.16. The van der Waals surface area contributed by atoms with Crippen molar-refractivity contribution in [3.05, 3.63) is 28.7 Å². The summed E-state index contributed by atoms with van der Waals surface area (Å²) in [5.74, 6) is 0.355. The van der Waals surface area contributed by atoms with Crippen LogP contribution in [0.25, 0.3) is 6.08 Å². The molecular weight excluding hydrogens is 404 g/mol. The van der Waals surface area contributed by atoms with Crippen LogP contribution in [0.2, 0.25) is 0 Å². The molecule has 2 heterocycles. The lowest BCUT2D eigenvalue weighted by molar-refractivity contribution is -0.131. The summed E-state index contributed by atoms with van der Waals surface area (Å²) in [6, 6.07) is 5.58. The summed E-state index contributed by atoms with van der Waals surface area (Å²) in [5.41, 5.74) is 7.12. The van der Waals surface area contributed by atoms with Gasteiger partial charge in [-0.1, -0.05) is 12.1 Å². The van der Waals surface area contributed by atoms with Crippen LogP contribution in [0.3, 0.4) is 0 Å². The molecule has 0 bridgehead atoms.